The molecular weight excluding hydrogens is 597 g/mol. The van der Waals surface area contributed by atoms with Crippen molar-refractivity contribution in [2.75, 3.05) is 11.9 Å². The molecule has 3 rings (SSSR count). The Kier molecular flexibility index (Phi) is 7.69. The minimum absolute atomic E-state index is 0.0545. The van der Waals surface area contributed by atoms with Gasteiger partial charge in [-0.05, 0) is 46.3 Å². The Bertz CT molecular complexity index is 1140. The molecule has 0 unspecified atom stereocenters. The van der Waals surface area contributed by atoms with Crippen LogP contribution in [-0.2, 0) is 15.8 Å². The van der Waals surface area contributed by atoms with Gasteiger partial charge in [0.05, 0.1) is 20.6 Å². The number of hydrogen-bond donors (Lipinski definition) is 2. The highest BCUT2D eigenvalue weighted by Crippen LogP contribution is 2.38. The monoisotopic (exact) mass is 608 g/mol. The normalized spacial score (nSPS) is 15.5. The van der Waals surface area contributed by atoms with Gasteiger partial charge < -0.3 is 10.4 Å². The lowest BCUT2D eigenvalue weighted by Crippen LogP contribution is -2.31. The number of carbonyl (C=O) groups is 2. The minimum atomic E-state index is -4.61. The van der Waals surface area contributed by atoms with Crippen molar-refractivity contribution in [3.8, 4) is 5.75 Å². The number of alkyl halides is 3. The molecule has 1 saturated heterocycles. The zero-order valence-corrected chi connectivity index (χ0v) is 20.7. The fraction of sp³-hybridized carbons (Fsp3) is 0.150. The third-order valence-electron chi connectivity index (χ3n) is 4.29. The van der Waals surface area contributed by atoms with E-state index in [2.05, 4.69) is 37.2 Å². The van der Waals surface area contributed by atoms with Gasteiger partial charge in [0.25, 0.3) is 5.91 Å². The second-order valence-electron chi connectivity index (χ2n) is 6.50. The van der Waals surface area contributed by atoms with Crippen LogP contribution in [0.25, 0.3) is 6.08 Å². The number of para-hydroxylation sites is 1. The average Bonchev–Trinajstić information content (AvgIpc) is 2.96. The zero-order chi connectivity index (χ0) is 23.6. The van der Waals surface area contributed by atoms with E-state index in [1.807, 2.05) is 0 Å². The number of phenolic OH excluding ortho intramolecular Hbond substituents is 1. The third kappa shape index (κ3) is 5.72. The van der Waals surface area contributed by atoms with Crippen LogP contribution in [-0.4, -0.2) is 32.7 Å². The molecular formula is C20H13Br2F3N2O3S2. The van der Waals surface area contributed by atoms with Gasteiger partial charge in [0, 0.05) is 23.0 Å². The Labute approximate surface area is 207 Å². The first-order chi connectivity index (χ1) is 15.0. The number of carbonyl (C=O) groups excluding carboxylic acids is 2. The maximum atomic E-state index is 13.1. The zero-order valence-electron chi connectivity index (χ0n) is 15.9. The molecule has 0 aliphatic carbocycles. The summed E-state index contributed by atoms with van der Waals surface area (Å²) in [6.07, 6.45) is -3.39. The van der Waals surface area contributed by atoms with E-state index in [0.29, 0.717) is 14.5 Å². The van der Waals surface area contributed by atoms with E-state index in [0.717, 1.165) is 23.9 Å². The maximum absolute atomic E-state index is 13.1. The molecule has 12 heteroatoms. The second-order valence-corrected chi connectivity index (χ2v) is 9.95. The van der Waals surface area contributed by atoms with Gasteiger partial charge in [-0.1, -0.05) is 52.0 Å². The van der Waals surface area contributed by atoms with Crippen molar-refractivity contribution in [2.45, 2.75) is 12.6 Å². The Morgan fingerprint density at radius 3 is 2.62 bits per heavy atom. The SMILES string of the molecule is O=C(CCN1C(=O)/C(=C/c2cc(Br)cc(Br)c2O)SC1=S)Nc1ccccc1C(F)(F)F. The molecule has 0 spiro atoms. The molecule has 0 aromatic heterocycles. The number of amides is 2. The number of nitrogens with zero attached hydrogens (tertiary/aromatic N) is 1. The number of phenols is 1. The fourth-order valence-corrected chi connectivity index (χ4v) is 5.35. The van der Waals surface area contributed by atoms with Gasteiger partial charge in [-0.2, -0.15) is 13.2 Å². The number of anilines is 1. The van der Waals surface area contributed by atoms with E-state index in [1.54, 1.807) is 12.1 Å². The second kappa shape index (κ2) is 9.94. The van der Waals surface area contributed by atoms with E-state index >= 15 is 0 Å². The molecule has 2 amide bonds. The molecule has 168 valence electrons. The van der Waals surface area contributed by atoms with Gasteiger partial charge in [-0.3, -0.25) is 14.5 Å². The summed E-state index contributed by atoms with van der Waals surface area (Å²) in [6, 6.07) is 7.91. The third-order valence-corrected chi connectivity index (χ3v) is 6.73. The Balaban J connectivity index is 1.69. The summed E-state index contributed by atoms with van der Waals surface area (Å²) in [5.41, 5.74) is -0.930. The quantitative estimate of drug-likeness (QED) is 0.314. The number of nitrogens with one attached hydrogen (secondary N) is 1. The van der Waals surface area contributed by atoms with Crippen molar-refractivity contribution in [2.24, 2.45) is 0 Å². The molecule has 0 bridgehead atoms. The highest BCUT2D eigenvalue weighted by Gasteiger charge is 2.34. The molecule has 2 aromatic carbocycles. The standard InChI is InChI=1S/C20H13Br2F3N2O3S2/c21-11-7-10(17(29)13(22)9-11)8-15-18(30)27(19(31)32-15)6-5-16(28)26-14-4-2-1-3-12(14)20(23,24)25/h1-4,7-9,29H,5-6H2,(H,26,28)/b15-8-. The van der Waals surface area contributed by atoms with E-state index in [9.17, 15) is 27.9 Å². The van der Waals surface area contributed by atoms with Crippen LogP contribution in [0.5, 0.6) is 5.75 Å². The van der Waals surface area contributed by atoms with E-state index in [4.69, 9.17) is 12.2 Å². The van der Waals surface area contributed by atoms with Crippen LogP contribution >= 0.6 is 55.8 Å². The first-order valence-electron chi connectivity index (χ1n) is 8.87. The van der Waals surface area contributed by atoms with Crippen LogP contribution in [0.1, 0.15) is 17.5 Å². The lowest BCUT2D eigenvalue weighted by atomic mass is 10.1. The van der Waals surface area contributed by atoms with Crippen LogP contribution < -0.4 is 5.32 Å². The number of thiocarbonyl (C=S) groups is 1. The molecule has 0 radical (unpaired) electrons. The number of halogens is 5. The highest BCUT2D eigenvalue weighted by atomic mass is 79.9. The summed E-state index contributed by atoms with van der Waals surface area (Å²) in [7, 11) is 0. The van der Waals surface area contributed by atoms with Crippen LogP contribution in [0.15, 0.2) is 50.2 Å². The van der Waals surface area contributed by atoms with Crippen molar-refractivity contribution in [1.82, 2.24) is 4.90 Å². The van der Waals surface area contributed by atoms with Gasteiger partial charge in [-0.15, -0.1) is 0 Å². The molecule has 32 heavy (non-hydrogen) atoms. The molecule has 2 N–H and O–H groups in total. The molecule has 5 nitrogen and oxygen atoms in total. The fourth-order valence-electron chi connectivity index (χ4n) is 2.80. The van der Waals surface area contributed by atoms with Gasteiger partial charge in [0.15, 0.2) is 0 Å². The number of thioether (sulfide) groups is 1. The molecule has 1 aliphatic heterocycles. The smallest absolute Gasteiger partial charge is 0.418 e. The average molecular weight is 610 g/mol. The first kappa shape index (κ1) is 24.7. The number of benzene rings is 2. The Hall–Kier alpha value is -1.89. The predicted octanol–water partition coefficient (Wildman–Crippen LogP) is 6.17. The van der Waals surface area contributed by atoms with Crippen molar-refractivity contribution in [3.05, 3.63) is 61.4 Å². The van der Waals surface area contributed by atoms with Crippen molar-refractivity contribution < 1.29 is 27.9 Å². The van der Waals surface area contributed by atoms with Crippen molar-refractivity contribution in [1.29, 1.82) is 0 Å². The minimum Gasteiger partial charge on any atom is -0.506 e. The van der Waals surface area contributed by atoms with Crippen LogP contribution in [0.2, 0.25) is 0 Å². The van der Waals surface area contributed by atoms with Gasteiger partial charge >= 0.3 is 6.18 Å². The van der Waals surface area contributed by atoms with E-state index in [-0.39, 0.29) is 33.6 Å². The number of rotatable bonds is 5. The Morgan fingerprint density at radius 2 is 1.94 bits per heavy atom. The number of aromatic hydroxyl groups is 1. The molecule has 1 fully saturated rings. The summed E-state index contributed by atoms with van der Waals surface area (Å²) < 4.78 is 40.6. The van der Waals surface area contributed by atoms with Crippen molar-refractivity contribution in [3.63, 3.8) is 0 Å². The van der Waals surface area contributed by atoms with Gasteiger partial charge in [-0.25, -0.2) is 0 Å². The highest BCUT2D eigenvalue weighted by molar-refractivity contribution is 9.11. The molecule has 0 atom stereocenters. The summed E-state index contributed by atoms with van der Waals surface area (Å²) >= 11 is 12.7. The van der Waals surface area contributed by atoms with Gasteiger partial charge in [0.1, 0.15) is 10.1 Å². The van der Waals surface area contributed by atoms with Crippen LogP contribution in [0.3, 0.4) is 0 Å². The first-order valence-corrected chi connectivity index (χ1v) is 11.7. The molecule has 1 heterocycles. The van der Waals surface area contributed by atoms with E-state index < -0.39 is 23.6 Å². The lowest BCUT2D eigenvalue weighted by Gasteiger charge is -2.16. The Morgan fingerprint density at radius 1 is 1.25 bits per heavy atom. The summed E-state index contributed by atoms with van der Waals surface area (Å²) in [6.45, 7) is -0.101. The summed E-state index contributed by atoms with van der Waals surface area (Å²) in [5, 5.41) is 12.4. The molecule has 1 aliphatic rings. The molecule has 0 saturated carbocycles. The van der Waals surface area contributed by atoms with Crippen LogP contribution in [0.4, 0.5) is 18.9 Å². The lowest BCUT2D eigenvalue weighted by molar-refractivity contribution is -0.137. The molecule has 2 aromatic rings. The van der Waals surface area contributed by atoms with Gasteiger partial charge in [0.2, 0.25) is 5.91 Å². The largest absolute Gasteiger partial charge is 0.506 e. The van der Waals surface area contributed by atoms with Crippen LogP contribution in [0, 0.1) is 0 Å². The topological polar surface area (TPSA) is 69.6 Å². The summed E-state index contributed by atoms with van der Waals surface area (Å²) in [4.78, 5) is 26.4. The predicted molar refractivity (Wildman–Crippen MR) is 128 cm³/mol. The van der Waals surface area contributed by atoms with Crippen molar-refractivity contribution >= 4 is 83.7 Å². The maximum Gasteiger partial charge on any atom is 0.418 e. The van der Waals surface area contributed by atoms with E-state index in [1.165, 1.54) is 23.1 Å². The number of hydrogen-bond acceptors (Lipinski definition) is 5. The summed E-state index contributed by atoms with van der Waals surface area (Å²) in [5.74, 6) is -1.20.